The van der Waals surface area contributed by atoms with Gasteiger partial charge in [-0.15, -0.1) is 11.8 Å². The molecule has 0 saturated heterocycles. The zero-order chi connectivity index (χ0) is 14.8. The maximum atomic E-state index is 11.2. The number of halogens is 1. The molecule has 0 radical (unpaired) electrons. The molecule has 0 amide bonds. The van der Waals surface area contributed by atoms with E-state index in [0.717, 1.165) is 10.0 Å². The largest absolute Gasteiger partial charge is 0.322 e. The van der Waals surface area contributed by atoms with Crippen LogP contribution < -0.4 is 11.1 Å². The Labute approximate surface area is 132 Å². The van der Waals surface area contributed by atoms with E-state index in [2.05, 4.69) is 56.2 Å². The zero-order valence-corrected chi connectivity index (χ0v) is 13.3. The lowest BCUT2D eigenvalue weighted by Gasteiger charge is -2.04. The van der Waals surface area contributed by atoms with E-state index < -0.39 is 11.1 Å². The molecule has 0 spiro atoms. The van der Waals surface area contributed by atoms with Gasteiger partial charge in [0.15, 0.2) is 0 Å². The summed E-state index contributed by atoms with van der Waals surface area (Å²) in [6, 6.07) is 12.4. The van der Waals surface area contributed by atoms with Crippen molar-refractivity contribution in [3.8, 4) is 0 Å². The van der Waals surface area contributed by atoms with Gasteiger partial charge in [-0.05, 0) is 28.5 Å². The van der Waals surface area contributed by atoms with Crippen molar-refractivity contribution in [2.24, 2.45) is 0 Å². The van der Waals surface area contributed by atoms with Crippen molar-refractivity contribution < 1.29 is 0 Å². The van der Waals surface area contributed by atoms with Gasteiger partial charge in [0, 0.05) is 16.4 Å². The Bertz CT molecular complexity index is 917. The van der Waals surface area contributed by atoms with E-state index in [4.69, 9.17) is 0 Å². The summed E-state index contributed by atoms with van der Waals surface area (Å²) in [7, 11) is 0. The minimum atomic E-state index is -0.629. The van der Waals surface area contributed by atoms with Crippen LogP contribution >= 0.6 is 27.7 Å². The molecule has 2 N–H and O–H groups in total. The number of thioether (sulfide) groups is 1. The lowest BCUT2D eigenvalue weighted by molar-refractivity contribution is 0.971. The second-order valence-corrected chi connectivity index (χ2v) is 6.48. The van der Waals surface area contributed by atoms with Gasteiger partial charge in [0.1, 0.15) is 0 Å². The standard InChI is InChI=1S/C15H11BrN2O2S/c16-12-4-3-10-5-9(1-2-11(10)6-12)8-21-13-7-17-14(19)15(20)18-13/h1-7H,8H2,(H,17,19)(H,18,20). The molecule has 0 atom stereocenters. The predicted molar refractivity (Wildman–Crippen MR) is 88.9 cm³/mol. The number of aromatic nitrogens is 2. The van der Waals surface area contributed by atoms with Gasteiger partial charge < -0.3 is 9.97 Å². The van der Waals surface area contributed by atoms with E-state index in [0.29, 0.717) is 10.8 Å². The summed E-state index contributed by atoms with van der Waals surface area (Å²) in [5, 5.41) is 3.00. The van der Waals surface area contributed by atoms with E-state index in [-0.39, 0.29) is 0 Å². The van der Waals surface area contributed by atoms with Crippen LogP contribution in [0.25, 0.3) is 10.8 Å². The Hall–Kier alpha value is -1.79. The SMILES string of the molecule is O=c1[nH]cc(SCc2ccc3cc(Br)ccc3c2)[nH]c1=O. The van der Waals surface area contributed by atoms with Gasteiger partial charge in [-0.25, -0.2) is 0 Å². The predicted octanol–water partition coefficient (Wildman–Crippen LogP) is 3.27. The van der Waals surface area contributed by atoms with Crippen LogP contribution in [0.5, 0.6) is 0 Å². The third-order valence-electron chi connectivity index (χ3n) is 3.04. The number of aromatic amines is 2. The van der Waals surface area contributed by atoms with E-state index in [9.17, 15) is 9.59 Å². The minimum Gasteiger partial charge on any atom is -0.322 e. The molecule has 6 heteroatoms. The van der Waals surface area contributed by atoms with Crippen molar-refractivity contribution in [3.05, 3.63) is 73.3 Å². The molecular formula is C15H11BrN2O2S. The molecule has 1 aromatic heterocycles. The molecule has 3 aromatic rings. The quantitative estimate of drug-likeness (QED) is 0.555. The Morgan fingerprint density at radius 2 is 1.76 bits per heavy atom. The second-order valence-electron chi connectivity index (χ2n) is 4.55. The molecule has 106 valence electrons. The lowest BCUT2D eigenvalue weighted by atomic mass is 10.1. The first-order valence-corrected chi connectivity index (χ1v) is 8.03. The summed E-state index contributed by atoms with van der Waals surface area (Å²) in [4.78, 5) is 27.2. The molecule has 0 aliphatic heterocycles. The maximum Gasteiger partial charge on any atom is 0.314 e. The number of hydrogen-bond acceptors (Lipinski definition) is 3. The highest BCUT2D eigenvalue weighted by molar-refractivity contribution is 9.10. The monoisotopic (exact) mass is 362 g/mol. The highest BCUT2D eigenvalue weighted by Gasteiger charge is 2.01. The van der Waals surface area contributed by atoms with Crippen LogP contribution in [0.1, 0.15) is 5.56 Å². The van der Waals surface area contributed by atoms with Crippen LogP contribution in [0, 0.1) is 0 Å². The highest BCUT2D eigenvalue weighted by atomic mass is 79.9. The smallest absolute Gasteiger partial charge is 0.314 e. The zero-order valence-electron chi connectivity index (χ0n) is 10.9. The van der Waals surface area contributed by atoms with Gasteiger partial charge >= 0.3 is 11.1 Å². The molecule has 4 nitrogen and oxygen atoms in total. The van der Waals surface area contributed by atoms with Crippen LogP contribution in [-0.4, -0.2) is 9.97 Å². The first-order valence-electron chi connectivity index (χ1n) is 6.25. The third-order valence-corrected chi connectivity index (χ3v) is 4.54. The summed E-state index contributed by atoms with van der Waals surface area (Å²) in [5.74, 6) is 0.716. The minimum absolute atomic E-state index is 0.622. The molecule has 2 aromatic carbocycles. The van der Waals surface area contributed by atoms with Crippen molar-refractivity contribution in [2.45, 2.75) is 10.8 Å². The van der Waals surface area contributed by atoms with Gasteiger partial charge in [0.25, 0.3) is 0 Å². The number of nitrogens with one attached hydrogen (secondary N) is 2. The lowest BCUT2D eigenvalue weighted by Crippen LogP contribution is -2.28. The third kappa shape index (κ3) is 3.28. The molecule has 3 rings (SSSR count). The first-order chi connectivity index (χ1) is 10.1. The maximum absolute atomic E-state index is 11.2. The average molecular weight is 363 g/mol. The molecule has 0 bridgehead atoms. The summed E-state index contributed by atoms with van der Waals surface area (Å²) >= 11 is 4.93. The summed E-state index contributed by atoms with van der Waals surface area (Å²) in [5.41, 5.74) is -0.0964. The normalized spacial score (nSPS) is 10.9. The van der Waals surface area contributed by atoms with Gasteiger partial charge in [-0.1, -0.05) is 40.2 Å². The Morgan fingerprint density at radius 3 is 2.57 bits per heavy atom. The fourth-order valence-corrected chi connectivity index (χ4v) is 3.18. The summed E-state index contributed by atoms with van der Waals surface area (Å²) in [6.45, 7) is 0. The molecule has 0 unspecified atom stereocenters. The van der Waals surface area contributed by atoms with Crippen LogP contribution in [-0.2, 0) is 5.75 Å². The first kappa shape index (κ1) is 14.2. The van der Waals surface area contributed by atoms with E-state index in [1.54, 1.807) is 0 Å². The number of benzene rings is 2. The average Bonchev–Trinajstić information content (AvgIpc) is 2.48. The van der Waals surface area contributed by atoms with E-state index in [1.807, 2.05) is 6.07 Å². The fraction of sp³-hybridized carbons (Fsp3) is 0.0667. The number of hydrogen-bond donors (Lipinski definition) is 2. The number of rotatable bonds is 3. The molecule has 0 fully saturated rings. The van der Waals surface area contributed by atoms with E-state index in [1.165, 1.54) is 28.7 Å². The second kappa shape index (κ2) is 5.91. The van der Waals surface area contributed by atoms with Crippen molar-refractivity contribution in [1.29, 1.82) is 0 Å². The van der Waals surface area contributed by atoms with Gasteiger partial charge in [0.05, 0.1) is 5.03 Å². The van der Waals surface area contributed by atoms with E-state index >= 15 is 0 Å². The van der Waals surface area contributed by atoms with Crippen LogP contribution in [0.4, 0.5) is 0 Å². The van der Waals surface area contributed by atoms with Gasteiger partial charge in [0.2, 0.25) is 0 Å². The van der Waals surface area contributed by atoms with Crippen LogP contribution in [0.2, 0.25) is 0 Å². The van der Waals surface area contributed by atoms with Gasteiger partial charge in [-0.2, -0.15) is 0 Å². The van der Waals surface area contributed by atoms with Crippen LogP contribution in [0.15, 0.2) is 61.7 Å². The van der Waals surface area contributed by atoms with Crippen LogP contribution in [0.3, 0.4) is 0 Å². The number of H-pyrrole nitrogens is 2. The topological polar surface area (TPSA) is 65.7 Å². The molecule has 0 aliphatic carbocycles. The fourth-order valence-electron chi connectivity index (χ4n) is 2.00. The molecule has 0 saturated carbocycles. The van der Waals surface area contributed by atoms with Crippen molar-refractivity contribution in [2.75, 3.05) is 0 Å². The number of fused-ring (bicyclic) bond motifs is 1. The summed E-state index contributed by atoms with van der Waals surface area (Å²) < 4.78 is 1.06. The molecule has 0 aliphatic rings. The van der Waals surface area contributed by atoms with Crippen molar-refractivity contribution in [1.82, 2.24) is 9.97 Å². The van der Waals surface area contributed by atoms with Gasteiger partial charge in [-0.3, -0.25) is 9.59 Å². The Morgan fingerprint density at radius 1 is 1.00 bits per heavy atom. The molecule has 1 heterocycles. The molecule has 21 heavy (non-hydrogen) atoms. The summed E-state index contributed by atoms with van der Waals surface area (Å²) in [6.07, 6.45) is 1.52. The highest BCUT2D eigenvalue weighted by Crippen LogP contribution is 2.24. The van der Waals surface area contributed by atoms with Crippen molar-refractivity contribution >= 4 is 38.5 Å². The molecular weight excluding hydrogens is 352 g/mol. The Kier molecular flexibility index (Phi) is 3.98. The van der Waals surface area contributed by atoms with Crippen molar-refractivity contribution in [3.63, 3.8) is 0 Å². The Balaban J connectivity index is 1.81.